The molecule has 25 heavy (non-hydrogen) atoms. The summed E-state index contributed by atoms with van der Waals surface area (Å²) in [6, 6.07) is 7.35. The van der Waals surface area contributed by atoms with Gasteiger partial charge in [-0.05, 0) is 66.7 Å². The van der Waals surface area contributed by atoms with Gasteiger partial charge in [0.25, 0.3) is 5.91 Å². The predicted molar refractivity (Wildman–Crippen MR) is 102 cm³/mol. The molecule has 0 atom stereocenters. The summed E-state index contributed by atoms with van der Waals surface area (Å²) in [5.41, 5.74) is 3.58. The minimum absolute atomic E-state index is 0.0793. The molecule has 0 bridgehead atoms. The average molecular weight is 404 g/mol. The van der Waals surface area contributed by atoms with Gasteiger partial charge in [-0.3, -0.25) is 9.78 Å². The number of anilines is 1. The van der Waals surface area contributed by atoms with Gasteiger partial charge in [0.1, 0.15) is 5.75 Å². The number of pyridine rings is 1. The first-order chi connectivity index (χ1) is 11.9. The van der Waals surface area contributed by atoms with Gasteiger partial charge in [0, 0.05) is 30.8 Å². The summed E-state index contributed by atoms with van der Waals surface area (Å²) in [5.74, 6) is 0.563. The van der Waals surface area contributed by atoms with E-state index in [1.165, 1.54) is 5.56 Å². The Hall–Kier alpha value is -1.92. The van der Waals surface area contributed by atoms with Crippen LogP contribution in [0.25, 0.3) is 0 Å². The molecule has 0 saturated carbocycles. The normalized spacial score (nSPS) is 14.3. The Balaban J connectivity index is 1.74. The number of hydrogen-bond acceptors (Lipinski definition) is 4. The molecule has 1 amide bonds. The van der Waals surface area contributed by atoms with Crippen LogP contribution in [0.4, 0.5) is 5.69 Å². The third kappa shape index (κ3) is 4.38. The maximum Gasteiger partial charge on any atom is 0.255 e. The largest absolute Gasteiger partial charge is 0.490 e. The number of hydrogen-bond donors (Lipinski definition) is 1. The first-order valence-corrected chi connectivity index (χ1v) is 9.15. The predicted octanol–water partition coefficient (Wildman–Crippen LogP) is 3.87. The molecule has 6 heteroatoms. The van der Waals surface area contributed by atoms with Gasteiger partial charge in [0.05, 0.1) is 22.5 Å². The summed E-state index contributed by atoms with van der Waals surface area (Å²) in [5, 5.41) is 2.93. The van der Waals surface area contributed by atoms with Crippen LogP contribution in [0.1, 0.15) is 35.5 Å². The highest BCUT2D eigenvalue weighted by Gasteiger charge is 2.16. The zero-order valence-electron chi connectivity index (χ0n) is 14.7. The SMILES string of the molecule is CC(C)Oc1ccc(C(=O)Nc2cnc3c(c2)CN(C)CC3)cc1Br. The molecule has 2 aromatic rings. The summed E-state index contributed by atoms with van der Waals surface area (Å²) in [6.07, 6.45) is 2.76. The molecule has 1 aliphatic rings. The standard InChI is InChI=1S/C19H22BrN3O2/c1-12(2)25-18-5-4-13(9-16(18)20)19(24)22-15-8-14-11-23(3)7-6-17(14)21-10-15/h4-5,8-10,12H,6-7,11H2,1-3H3,(H,22,24). The second-order valence-electron chi connectivity index (χ2n) is 6.58. The summed E-state index contributed by atoms with van der Waals surface area (Å²) >= 11 is 3.46. The topological polar surface area (TPSA) is 54.5 Å². The quantitative estimate of drug-likeness (QED) is 0.841. The van der Waals surface area contributed by atoms with Crippen molar-refractivity contribution in [2.24, 2.45) is 0 Å². The monoisotopic (exact) mass is 403 g/mol. The van der Waals surface area contributed by atoms with Crippen LogP contribution in [0.3, 0.4) is 0 Å². The number of nitrogens with zero attached hydrogens (tertiary/aromatic N) is 2. The van der Waals surface area contributed by atoms with Gasteiger partial charge >= 0.3 is 0 Å². The molecule has 0 radical (unpaired) electrons. The van der Waals surface area contributed by atoms with Gasteiger partial charge in [-0.25, -0.2) is 0 Å². The first kappa shape index (κ1) is 17.9. The van der Waals surface area contributed by atoms with Crippen molar-refractivity contribution in [3.8, 4) is 5.75 Å². The smallest absolute Gasteiger partial charge is 0.255 e. The molecule has 0 aliphatic carbocycles. The van der Waals surface area contributed by atoms with Crippen molar-refractivity contribution < 1.29 is 9.53 Å². The van der Waals surface area contributed by atoms with Crippen LogP contribution < -0.4 is 10.1 Å². The van der Waals surface area contributed by atoms with Gasteiger partial charge in [-0.2, -0.15) is 0 Å². The van der Waals surface area contributed by atoms with Crippen molar-refractivity contribution >= 4 is 27.5 Å². The minimum Gasteiger partial charge on any atom is -0.490 e. The molecule has 2 heterocycles. The van der Waals surface area contributed by atoms with E-state index in [9.17, 15) is 4.79 Å². The highest BCUT2D eigenvalue weighted by Crippen LogP contribution is 2.27. The van der Waals surface area contributed by atoms with E-state index in [2.05, 4.69) is 38.2 Å². The number of nitrogens with one attached hydrogen (secondary N) is 1. The lowest BCUT2D eigenvalue weighted by atomic mass is 10.1. The minimum atomic E-state index is -0.164. The fraction of sp³-hybridized carbons (Fsp3) is 0.368. The van der Waals surface area contributed by atoms with E-state index < -0.39 is 0 Å². The van der Waals surface area contributed by atoms with Crippen molar-refractivity contribution in [2.75, 3.05) is 18.9 Å². The number of ether oxygens (including phenoxy) is 1. The Kier molecular flexibility index (Phi) is 5.39. The van der Waals surface area contributed by atoms with Gasteiger partial charge < -0.3 is 15.0 Å². The maximum absolute atomic E-state index is 12.5. The highest BCUT2D eigenvalue weighted by atomic mass is 79.9. The summed E-state index contributed by atoms with van der Waals surface area (Å²) < 4.78 is 6.44. The molecule has 0 unspecified atom stereocenters. The molecular weight excluding hydrogens is 382 g/mol. The van der Waals surface area contributed by atoms with Crippen molar-refractivity contribution in [1.29, 1.82) is 0 Å². The molecule has 1 N–H and O–H groups in total. The number of carbonyl (C=O) groups is 1. The number of halogens is 1. The number of amides is 1. The second-order valence-corrected chi connectivity index (χ2v) is 7.44. The Morgan fingerprint density at radius 1 is 1.36 bits per heavy atom. The summed E-state index contributed by atoms with van der Waals surface area (Å²) in [4.78, 5) is 19.3. The van der Waals surface area contributed by atoms with E-state index in [0.29, 0.717) is 5.56 Å². The molecule has 0 spiro atoms. The molecule has 1 aliphatic heterocycles. The second kappa shape index (κ2) is 7.54. The zero-order valence-corrected chi connectivity index (χ0v) is 16.3. The van der Waals surface area contributed by atoms with Crippen LogP contribution in [-0.4, -0.2) is 35.5 Å². The molecule has 0 fully saturated rings. The third-order valence-corrected chi connectivity index (χ3v) is 4.66. The summed E-state index contributed by atoms with van der Waals surface area (Å²) in [6.45, 7) is 5.81. The van der Waals surface area contributed by atoms with Gasteiger partial charge in [-0.1, -0.05) is 0 Å². The van der Waals surface area contributed by atoms with Crippen LogP contribution in [0.2, 0.25) is 0 Å². The van der Waals surface area contributed by atoms with E-state index in [0.717, 1.165) is 41.1 Å². The molecule has 1 aromatic carbocycles. The first-order valence-electron chi connectivity index (χ1n) is 8.36. The van der Waals surface area contributed by atoms with E-state index >= 15 is 0 Å². The lowest BCUT2D eigenvalue weighted by molar-refractivity contribution is 0.102. The number of benzene rings is 1. The third-order valence-electron chi connectivity index (χ3n) is 4.05. The Labute approximate surface area is 156 Å². The van der Waals surface area contributed by atoms with Crippen molar-refractivity contribution in [1.82, 2.24) is 9.88 Å². The van der Waals surface area contributed by atoms with E-state index in [1.807, 2.05) is 19.9 Å². The molecule has 1 aromatic heterocycles. The Morgan fingerprint density at radius 3 is 2.88 bits per heavy atom. The molecule has 132 valence electrons. The number of fused-ring (bicyclic) bond motifs is 1. The summed E-state index contributed by atoms with van der Waals surface area (Å²) in [7, 11) is 2.09. The van der Waals surface area contributed by atoms with Crippen LogP contribution in [0.15, 0.2) is 34.9 Å². The number of rotatable bonds is 4. The van der Waals surface area contributed by atoms with Gasteiger partial charge in [-0.15, -0.1) is 0 Å². The Morgan fingerprint density at radius 2 is 2.16 bits per heavy atom. The van der Waals surface area contributed by atoms with Crippen molar-refractivity contribution in [2.45, 2.75) is 32.9 Å². The van der Waals surface area contributed by atoms with Crippen LogP contribution in [0, 0.1) is 0 Å². The molecular formula is C19H22BrN3O2. The van der Waals surface area contributed by atoms with Gasteiger partial charge in [0.15, 0.2) is 0 Å². The number of aromatic nitrogens is 1. The van der Waals surface area contributed by atoms with E-state index in [-0.39, 0.29) is 12.0 Å². The zero-order chi connectivity index (χ0) is 18.0. The van der Waals surface area contributed by atoms with Crippen molar-refractivity contribution in [3.05, 3.63) is 51.8 Å². The lowest BCUT2D eigenvalue weighted by Gasteiger charge is -2.24. The maximum atomic E-state index is 12.5. The highest BCUT2D eigenvalue weighted by molar-refractivity contribution is 9.10. The van der Waals surface area contributed by atoms with E-state index in [1.54, 1.807) is 24.4 Å². The lowest BCUT2D eigenvalue weighted by Crippen LogP contribution is -2.27. The van der Waals surface area contributed by atoms with E-state index in [4.69, 9.17) is 4.74 Å². The van der Waals surface area contributed by atoms with Crippen LogP contribution >= 0.6 is 15.9 Å². The Bertz CT molecular complexity index is 792. The van der Waals surface area contributed by atoms with Crippen molar-refractivity contribution in [3.63, 3.8) is 0 Å². The molecule has 5 nitrogen and oxygen atoms in total. The van der Waals surface area contributed by atoms with Crippen LogP contribution in [-0.2, 0) is 13.0 Å². The molecule has 3 rings (SSSR count). The number of carbonyl (C=O) groups excluding carboxylic acids is 1. The number of likely N-dealkylation sites (N-methyl/N-ethyl adjacent to an activating group) is 1. The average Bonchev–Trinajstić information content (AvgIpc) is 2.56. The van der Waals surface area contributed by atoms with Crippen LogP contribution in [0.5, 0.6) is 5.75 Å². The van der Waals surface area contributed by atoms with Gasteiger partial charge in [0.2, 0.25) is 0 Å². The molecule has 0 saturated heterocycles. The fourth-order valence-corrected chi connectivity index (χ4v) is 3.30. The fourth-order valence-electron chi connectivity index (χ4n) is 2.83.